The molecule has 0 heterocycles. The molecule has 5 heteroatoms. The van der Waals surface area contributed by atoms with Crippen LogP contribution in [0.3, 0.4) is 0 Å². The van der Waals surface area contributed by atoms with E-state index in [0.717, 1.165) is 19.3 Å². The highest BCUT2D eigenvalue weighted by molar-refractivity contribution is 5.84. The van der Waals surface area contributed by atoms with Crippen molar-refractivity contribution in [2.24, 2.45) is 5.92 Å². The standard InChI is InChI=1S/C13H24N2O3/c1-3-9(2)12(13(17)18)15-11(16)8-14-10-6-4-5-7-10/h9-10,12,14H,3-8H2,1-2H3,(H,15,16)(H,17,18)/t9?,12-/m0/s1. The molecule has 2 atom stereocenters. The Bertz CT molecular complexity index is 288. The van der Waals surface area contributed by atoms with E-state index in [1.165, 1.54) is 12.8 Å². The third kappa shape index (κ3) is 4.64. The summed E-state index contributed by atoms with van der Waals surface area (Å²) in [6, 6.07) is -0.365. The first-order valence-corrected chi connectivity index (χ1v) is 6.80. The van der Waals surface area contributed by atoms with Gasteiger partial charge in [0, 0.05) is 6.04 Å². The molecule has 0 aromatic rings. The van der Waals surface area contributed by atoms with E-state index in [4.69, 9.17) is 5.11 Å². The zero-order valence-corrected chi connectivity index (χ0v) is 11.2. The number of amides is 1. The fraction of sp³-hybridized carbons (Fsp3) is 0.846. The van der Waals surface area contributed by atoms with Crippen molar-refractivity contribution in [3.05, 3.63) is 0 Å². The molecule has 104 valence electrons. The minimum atomic E-state index is -0.960. The maximum atomic E-state index is 11.7. The quantitative estimate of drug-likeness (QED) is 0.638. The molecule has 0 bridgehead atoms. The van der Waals surface area contributed by atoms with Gasteiger partial charge < -0.3 is 15.7 Å². The van der Waals surface area contributed by atoms with Gasteiger partial charge in [0.1, 0.15) is 6.04 Å². The largest absolute Gasteiger partial charge is 0.480 e. The smallest absolute Gasteiger partial charge is 0.326 e. The summed E-state index contributed by atoms with van der Waals surface area (Å²) in [5, 5.41) is 14.8. The first kappa shape index (κ1) is 15.0. The SMILES string of the molecule is CCC(C)[C@H](NC(=O)CNC1CCCC1)C(=O)O. The van der Waals surface area contributed by atoms with Gasteiger partial charge in [-0.15, -0.1) is 0 Å². The fourth-order valence-electron chi connectivity index (χ4n) is 2.27. The van der Waals surface area contributed by atoms with Gasteiger partial charge in [-0.25, -0.2) is 4.79 Å². The number of hydrogen-bond donors (Lipinski definition) is 3. The fourth-order valence-corrected chi connectivity index (χ4v) is 2.27. The van der Waals surface area contributed by atoms with E-state index in [-0.39, 0.29) is 18.4 Å². The van der Waals surface area contributed by atoms with Crippen molar-refractivity contribution in [2.75, 3.05) is 6.54 Å². The van der Waals surface area contributed by atoms with E-state index >= 15 is 0 Å². The number of hydrogen-bond acceptors (Lipinski definition) is 3. The van der Waals surface area contributed by atoms with Crippen LogP contribution >= 0.6 is 0 Å². The van der Waals surface area contributed by atoms with Crippen LogP contribution in [-0.2, 0) is 9.59 Å². The lowest BCUT2D eigenvalue weighted by Gasteiger charge is -2.20. The third-order valence-electron chi connectivity index (χ3n) is 3.70. The molecule has 0 spiro atoms. The Hall–Kier alpha value is -1.10. The molecule has 3 N–H and O–H groups in total. The van der Waals surface area contributed by atoms with Gasteiger partial charge in [-0.2, -0.15) is 0 Å². The van der Waals surface area contributed by atoms with Crippen molar-refractivity contribution in [3.8, 4) is 0 Å². The molecule has 1 fully saturated rings. The average molecular weight is 256 g/mol. The van der Waals surface area contributed by atoms with Crippen molar-refractivity contribution < 1.29 is 14.7 Å². The van der Waals surface area contributed by atoms with E-state index in [0.29, 0.717) is 6.04 Å². The highest BCUT2D eigenvalue weighted by Gasteiger charge is 2.25. The van der Waals surface area contributed by atoms with Crippen LogP contribution in [0.4, 0.5) is 0 Å². The minimum absolute atomic E-state index is 0.0575. The van der Waals surface area contributed by atoms with Crippen LogP contribution in [0, 0.1) is 5.92 Å². The first-order valence-electron chi connectivity index (χ1n) is 6.80. The molecule has 5 nitrogen and oxygen atoms in total. The monoisotopic (exact) mass is 256 g/mol. The van der Waals surface area contributed by atoms with E-state index in [9.17, 15) is 9.59 Å². The zero-order chi connectivity index (χ0) is 13.5. The lowest BCUT2D eigenvalue weighted by Crippen LogP contribution is -2.48. The Morgan fingerprint density at radius 1 is 1.33 bits per heavy atom. The molecular weight excluding hydrogens is 232 g/mol. The molecule has 1 saturated carbocycles. The number of aliphatic carboxylic acids is 1. The van der Waals surface area contributed by atoms with Crippen molar-refractivity contribution >= 4 is 11.9 Å². The van der Waals surface area contributed by atoms with Crippen LogP contribution in [0.2, 0.25) is 0 Å². The second kappa shape index (κ2) is 7.36. The predicted molar refractivity (Wildman–Crippen MR) is 69.3 cm³/mol. The van der Waals surface area contributed by atoms with Crippen molar-refractivity contribution in [1.82, 2.24) is 10.6 Å². The van der Waals surface area contributed by atoms with Gasteiger partial charge in [0.15, 0.2) is 0 Å². The van der Waals surface area contributed by atoms with Crippen molar-refractivity contribution in [1.29, 1.82) is 0 Å². The lowest BCUT2D eigenvalue weighted by atomic mass is 9.99. The summed E-state index contributed by atoms with van der Waals surface area (Å²) in [4.78, 5) is 22.8. The summed E-state index contributed by atoms with van der Waals surface area (Å²) in [6.45, 7) is 3.97. The summed E-state index contributed by atoms with van der Waals surface area (Å²) in [7, 11) is 0. The molecule has 0 saturated heterocycles. The first-order chi connectivity index (χ1) is 8.54. The maximum Gasteiger partial charge on any atom is 0.326 e. The molecule has 1 unspecified atom stereocenters. The highest BCUT2D eigenvalue weighted by atomic mass is 16.4. The summed E-state index contributed by atoms with van der Waals surface area (Å²) in [5.41, 5.74) is 0. The normalized spacial score (nSPS) is 19.4. The van der Waals surface area contributed by atoms with Gasteiger partial charge in [0.2, 0.25) is 5.91 Å². The maximum absolute atomic E-state index is 11.7. The van der Waals surface area contributed by atoms with E-state index in [1.54, 1.807) is 0 Å². The van der Waals surface area contributed by atoms with Gasteiger partial charge >= 0.3 is 5.97 Å². The van der Waals surface area contributed by atoms with Crippen LogP contribution in [0.25, 0.3) is 0 Å². The van der Waals surface area contributed by atoms with Crippen LogP contribution < -0.4 is 10.6 Å². The number of carboxylic acid groups (broad SMARTS) is 1. The van der Waals surface area contributed by atoms with Gasteiger partial charge in [-0.05, 0) is 18.8 Å². The molecule has 1 aliphatic carbocycles. The molecule has 18 heavy (non-hydrogen) atoms. The Morgan fingerprint density at radius 3 is 2.44 bits per heavy atom. The van der Waals surface area contributed by atoms with Gasteiger partial charge in [-0.1, -0.05) is 33.1 Å². The van der Waals surface area contributed by atoms with Crippen molar-refractivity contribution in [2.45, 2.75) is 58.0 Å². The molecule has 1 amide bonds. The van der Waals surface area contributed by atoms with Gasteiger partial charge in [0.05, 0.1) is 6.54 Å². The average Bonchev–Trinajstić information content (AvgIpc) is 2.85. The molecule has 0 aromatic carbocycles. The van der Waals surface area contributed by atoms with E-state index in [1.807, 2.05) is 13.8 Å². The highest BCUT2D eigenvalue weighted by Crippen LogP contribution is 2.17. The van der Waals surface area contributed by atoms with Crippen LogP contribution in [0.15, 0.2) is 0 Å². The summed E-state index contributed by atoms with van der Waals surface area (Å²) in [6.07, 6.45) is 5.38. The number of carbonyl (C=O) groups is 2. The lowest BCUT2D eigenvalue weighted by molar-refractivity contribution is -0.143. The summed E-state index contributed by atoms with van der Waals surface area (Å²) >= 11 is 0. The number of rotatable bonds is 7. The number of nitrogens with one attached hydrogen (secondary N) is 2. The topological polar surface area (TPSA) is 78.4 Å². The van der Waals surface area contributed by atoms with Gasteiger partial charge in [-0.3, -0.25) is 4.79 Å². The van der Waals surface area contributed by atoms with E-state index in [2.05, 4.69) is 10.6 Å². The Morgan fingerprint density at radius 2 is 1.94 bits per heavy atom. The molecule has 0 radical (unpaired) electrons. The summed E-state index contributed by atoms with van der Waals surface area (Å²) < 4.78 is 0. The van der Waals surface area contributed by atoms with Crippen molar-refractivity contribution in [3.63, 3.8) is 0 Å². The number of carbonyl (C=O) groups excluding carboxylic acids is 1. The van der Waals surface area contributed by atoms with Crippen LogP contribution in [0.5, 0.6) is 0 Å². The molecule has 1 aliphatic rings. The Kier molecular flexibility index (Phi) is 6.12. The predicted octanol–water partition coefficient (Wildman–Crippen LogP) is 1.13. The molecule has 1 rings (SSSR count). The second-order valence-corrected chi connectivity index (χ2v) is 5.13. The summed E-state index contributed by atoms with van der Waals surface area (Å²) in [5.74, 6) is -1.24. The minimum Gasteiger partial charge on any atom is -0.480 e. The zero-order valence-electron chi connectivity index (χ0n) is 11.2. The molecule has 0 aromatic heterocycles. The third-order valence-corrected chi connectivity index (χ3v) is 3.70. The Balaban J connectivity index is 2.33. The second-order valence-electron chi connectivity index (χ2n) is 5.13. The van der Waals surface area contributed by atoms with Gasteiger partial charge in [0.25, 0.3) is 0 Å². The Labute approximate surface area is 108 Å². The molecule has 0 aliphatic heterocycles. The molecular formula is C13H24N2O3. The van der Waals surface area contributed by atoms with Crippen LogP contribution in [0.1, 0.15) is 46.0 Å². The van der Waals surface area contributed by atoms with E-state index < -0.39 is 12.0 Å². The number of carboxylic acids is 1. The van der Waals surface area contributed by atoms with Crippen LogP contribution in [-0.4, -0.2) is 35.6 Å².